The van der Waals surface area contributed by atoms with Gasteiger partial charge in [-0.1, -0.05) is 26.0 Å². The number of nitrogens with one attached hydrogen (secondary N) is 1. The van der Waals surface area contributed by atoms with Crippen molar-refractivity contribution in [3.05, 3.63) is 35.4 Å². The van der Waals surface area contributed by atoms with E-state index in [1.807, 2.05) is 13.8 Å². The summed E-state index contributed by atoms with van der Waals surface area (Å²) in [4.78, 5) is 36.3. The lowest BCUT2D eigenvalue weighted by molar-refractivity contribution is -0.146. The molecule has 7 heteroatoms. The molecule has 156 valence electrons. The van der Waals surface area contributed by atoms with Gasteiger partial charge in [-0.05, 0) is 50.8 Å². The molecular weight excluding hydrogens is 362 g/mol. The van der Waals surface area contributed by atoms with Crippen LogP contribution in [-0.2, 0) is 25.5 Å². The summed E-state index contributed by atoms with van der Waals surface area (Å²) in [5.41, 5.74) is 0.526. The first kappa shape index (κ1) is 23.6. The molecule has 2 N–H and O–H groups in total. The third-order valence-corrected chi connectivity index (χ3v) is 3.83. The van der Waals surface area contributed by atoms with Gasteiger partial charge < -0.3 is 19.9 Å². The van der Waals surface area contributed by atoms with Crippen LogP contribution in [0.1, 0.15) is 57.0 Å². The molecule has 1 aromatic carbocycles. The van der Waals surface area contributed by atoms with Gasteiger partial charge in [-0.15, -0.1) is 0 Å². The molecule has 0 heterocycles. The molecule has 2 atom stereocenters. The van der Waals surface area contributed by atoms with Gasteiger partial charge in [0.15, 0.2) is 0 Å². The van der Waals surface area contributed by atoms with Crippen molar-refractivity contribution in [1.29, 1.82) is 0 Å². The number of carbonyl (C=O) groups is 3. The van der Waals surface area contributed by atoms with Gasteiger partial charge in [0.1, 0.15) is 17.7 Å². The van der Waals surface area contributed by atoms with Crippen LogP contribution in [0.2, 0.25) is 0 Å². The highest BCUT2D eigenvalue weighted by Crippen LogP contribution is 2.14. The fourth-order valence-electron chi connectivity index (χ4n) is 2.51. The van der Waals surface area contributed by atoms with Gasteiger partial charge in [0.25, 0.3) is 0 Å². The molecule has 0 aromatic heterocycles. The number of esters is 2. The number of benzene rings is 1. The average molecular weight is 393 g/mol. The molecule has 0 aliphatic rings. The summed E-state index contributed by atoms with van der Waals surface area (Å²) < 4.78 is 10.1. The molecular formula is C21H31NO6. The van der Waals surface area contributed by atoms with E-state index in [0.717, 1.165) is 5.56 Å². The zero-order chi connectivity index (χ0) is 21.5. The van der Waals surface area contributed by atoms with Crippen LogP contribution in [-0.4, -0.2) is 47.8 Å². The maximum atomic E-state index is 12.1. The Morgan fingerprint density at radius 2 is 1.68 bits per heavy atom. The number of hydrogen-bond donors (Lipinski definition) is 2. The summed E-state index contributed by atoms with van der Waals surface area (Å²) in [7, 11) is 1.23. The second-order valence-electron chi connectivity index (χ2n) is 8.13. The Kier molecular flexibility index (Phi) is 8.63. The zero-order valence-electron chi connectivity index (χ0n) is 17.4. The quantitative estimate of drug-likeness (QED) is 0.657. The van der Waals surface area contributed by atoms with E-state index < -0.39 is 35.6 Å². The van der Waals surface area contributed by atoms with Gasteiger partial charge in [0.2, 0.25) is 5.91 Å². The normalized spacial score (nSPS) is 13.6. The van der Waals surface area contributed by atoms with Gasteiger partial charge in [0, 0.05) is 6.42 Å². The smallest absolute Gasteiger partial charge is 0.338 e. The SMILES string of the molecule is COC(=O)[C@@H](Cc1ccc(C(=O)OC(C)(C)C)cc1)NC(=O)[C@@H](O)CC(C)C. The first-order valence-corrected chi connectivity index (χ1v) is 9.31. The van der Waals surface area contributed by atoms with Crippen LogP contribution < -0.4 is 5.32 Å². The van der Waals surface area contributed by atoms with Crippen molar-refractivity contribution in [1.82, 2.24) is 5.32 Å². The molecule has 1 amide bonds. The maximum absolute atomic E-state index is 12.1. The molecule has 1 rings (SSSR count). The van der Waals surface area contributed by atoms with Gasteiger partial charge >= 0.3 is 11.9 Å². The minimum Gasteiger partial charge on any atom is -0.467 e. The highest BCUT2D eigenvalue weighted by Gasteiger charge is 2.26. The third kappa shape index (κ3) is 8.08. The van der Waals surface area contributed by atoms with Crippen molar-refractivity contribution < 1.29 is 29.0 Å². The molecule has 0 saturated carbocycles. The number of hydrogen-bond acceptors (Lipinski definition) is 6. The zero-order valence-corrected chi connectivity index (χ0v) is 17.4. The number of aliphatic hydroxyl groups excluding tert-OH is 1. The van der Waals surface area contributed by atoms with Crippen molar-refractivity contribution in [2.24, 2.45) is 5.92 Å². The monoisotopic (exact) mass is 393 g/mol. The molecule has 0 fully saturated rings. The fraction of sp³-hybridized carbons (Fsp3) is 0.571. The van der Waals surface area contributed by atoms with Crippen molar-refractivity contribution in [3.63, 3.8) is 0 Å². The molecule has 0 saturated heterocycles. The average Bonchev–Trinajstić information content (AvgIpc) is 2.58. The van der Waals surface area contributed by atoms with E-state index in [1.54, 1.807) is 45.0 Å². The predicted octanol–water partition coefficient (Wildman–Crippen LogP) is 2.25. The lowest BCUT2D eigenvalue weighted by Crippen LogP contribution is -2.47. The number of ether oxygens (including phenoxy) is 2. The first-order valence-electron chi connectivity index (χ1n) is 9.31. The molecule has 7 nitrogen and oxygen atoms in total. The number of aliphatic hydroxyl groups is 1. The second kappa shape index (κ2) is 10.2. The Hall–Kier alpha value is -2.41. The highest BCUT2D eigenvalue weighted by atomic mass is 16.6. The van der Waals surface area contributed by atoms with Crippen molar-refractivity contribution in [2.75, 3.05) is 7.11 Å². The predicted molar refractivity (Wildman–Crippen MR) is 105 cm³/mol. The number of amides is 1. The van der Waals surface area contributed by atoms with E-state index in [9.17, 15) is 19.5 Å². The summed E-state index contributed by atoms with van der Waals surface area (Å²) in [5, 5.41) is 12.5. The topological polar surface area (TPSA) is 102 Å². The minimum absolute atomic E-state index is 0.137. The van der Waals surface area contributed by atoms with Crippen LogP contribution >= 0.6 is 0 Å². The van der Waals surface area contributed by atoms with E-state index in [-0.39, 0.29) is 12.3 Å². The largest absolute Gasteiger partial charge is 0.467 e. The van der Waals surface area contributed by atoms with Crippen LogP contribution in [0, 0.1) is 5.92 Å². The molecule has 0 aliphatic carbocycles. The standard InChI is InChI=1S/C21H31NO6/c1-13(2)11-17(23)18(24)22-16(20(26)27-6)12-14-7-9-15(10-8-14)19(25)28-21(3,4)5/h7-10,13,16-17,23H,11-12H2,1-6H3,(H,22,24)/t16-,17+/m1/s1. The van der Waals surface area contributed by atoms with E-state index in [4.69, 9.17) is 9.47 Å². The summed E-state index contributed by atoms with van der Waals surface area (Å²) in [6.45, 7) is 9.14. The summed E-state index contributed by atoms with van der Waals surface area (Å²) in [6, 6.07) is 5.64. The van der Waals surface area contributed by atoms with E-state index in [2.05, 4.69) is 5.32 Å². The summed E-state index contributed by atoms with van der Waals surface area (Å²) in [6.07, 6.45) is -0.729. The lowest BCUT2D eigenvalue weighted by Gasteiger charge is -2.20. The highest BCUT2D eigenvalue weighted by molar-refractivity contribution is 5.90. The third-order valence-electron chi connectivity index (χ3n) is 3.83. The van der Waals surface area contributed by atoms with Gasteiger partial charge in [-0.2, -0.15) is 0 Å². The Labute approximate surface area is 166 Å². The van der Waals surface area contributed by atoms with Crippen molar-refractivity contribution >= 4 is 17.8 Å². The van der Waals surface area contributed by atoms with Crippen LogP contribution in [0.25, 0.3) is 0 Å². The van der Waals surface area contributed by atoms with E-state index in [0.29, 0.717) is 12.0 Å². The number of methoxy groups -OCH3 is 1. The molecule has 0 unspecified atom stereocenters. The number of rotatable bonds is 8. The van der Waals surface area contributed by atoms with Crippen molar-refractivity contribution in [2.45, 2.75) is 65.2 Å². The molecule has 0 aliphatic heterocycles. The van der Waals surface area contributed by atoms with Crippen LogP contribution in [0.4, 0.5) is 0 Å². The first-order chi connectivity index (χ1) is 12.9. The Balaban J connectivity index is 2.83. The second-order valence-corrected chi connectivity index (χ2v) is 8.13. The number of carbonyl (C=O) groups excluding carboxylic acids is 3. The molecule has 28 heavy (non-hydrogen) atoms. The van der Waals surface area contributed by atoms with Crippen LogP contribution in [0.3, 0.4) is 0 Å². The van der Waals surface area contributed by atoms with Crippen LogP contribution in [0.15, 0.2) is 24.3 Å². The van der Waals surface area contributed by atoms with Crippen LogP contribution in [0.5, 0.6) is 0 Å². The lowest BCUT2D eigenvalue weighted by atomic mass is 10.0. The molecule has 1 aromatic rings. The van der Waals surface area contributed by atoms with E-state index >= 15 is 0 Å². The van der Waals surface area contributed by atoms with Crippen molar-refractivity contribution in [3.8, 4) is 0 Å². The Bertz CT molecular complexity index is 675. The maximum Gasteiger partial charge on any atom is 0.338 e. The molecule has 0 spiro atoms. The molecule has 0 radical (unpaired) electrons. The van der Waals surface area contributed by atoms with E-state index in [1.165, 1.54) is 7.11 Å². The van der Waals surface area contributed by atoms with Gasteiger partial charge in [0.05, 0.1) is 12.7 Å². The summed E-state index contributed by atoms with van der Waals surface area (Å²) in [5.74, 6) is -1.53. The fourth-order valence-corrected chi connectivity index (χ4v) is 2.51. The Morgan fingerprint density at radius 3 is 2.14 bits per heavy atom. The molecule has 0 bridgehead atoms. The summed E-state index contributed by atoms with van der Waals surface area (Å²) >= 11 is 0. The minimum atomic E-state index is -1.19. The van der Waals surface area contributed by atoms with Gasteiger partial charge in [-0.3, -0.25) is 4.79 Å². The van der Waals surface area contributed by atoms with Gasteiger partial charge in [-0.25, -0.2) is 9.59 Å². The Morgan fingerprint density at radius 1 is 1.11 bits per heavy atom.